The number of benzene rings is 1. The molecule has 1 aromatic carbocycles. The predicted molar refractivity (Wildman–Crippen MR) is 91.4 cm³/mol. The smallest absolute Gasteiger partial charge is 0.0424 e. The van der Waals surface area contributed by atoms with Crippen LogP contribution in [0.5, 0.6) is 0 Å². The van der Waals surface area contributed by atoms with Crippen LogP contribution in [0.25, 0.3) is 0 Å². The van der Waals surface area contributed by atoms with Gasteiger partial charge in [-0.15, -0.1) is 0 Å². The highest BCUT2D eigenvalue weighted by atomic mass is 15.2. The number of piperidine rings is 1. The second-order valence-corrected chi connectivity index (χ2v) is 7.27. The molecule has 1 aliphatic rings. The van der Waals surface area contributed by atoms with Gasteiger partial charge in [0.2, 0.25) is 0 Å². The average Bonchev–Trinajstić information content (AvgIpc) is 2.43. The molecule has 0 radical (unpaired) electrons. The number of hydrogen-bond donors (Lipinski definition) is 1. The van der Waals surface area contributed by atoms with Crippen LogP contribution in [0.3, 0.4) is 0 Å². The minimum Gasteiger partial charge on any atom is -0.323 e. The molecule has 3 atom stereocenters. The molecule has 0 spiro atoms. The number of rotatable bonds is 5. The van der Waals surface area contributed by atoms with E-state index in [2.05, 4.69) is 56.9 Å². The topological polar surface area (TPSA) is 29.3 Å². The van der Waals surface area contributed by atoms with Crippen LogP contribution in [-0.2, 0) is 6.42 Å². The third-order valence-corrected chi connectivity index (χ3v) is 4.84. The van der Waals surface area contributed by atoms with Gasteiger partial charge in [0.05, 0.1) is 0 Å². The Balaban J connectivity index is 1.97. The van der Waals surface area contributed by atoms with E-state index in [1.54, 1.807) is 0 Å². The summed E-state index contributed by atoms with van der Waals surface area (Å²) in [6, 6.07) is 10.4. The minimum absolute atomic E-state index is 0.126. The van der Waals surface area contributed by atoms with Crippen LogP contribution >= 0.6 is 0 Å². The lowest BCUT2D eigenvalue weighted by atomic mass is 9.95. The first kappa shape index (κ1) is 16.5. The van der Waals surface area contributed by atoms with Gasteiger partial charge in [-0.1, -0.05) is 44.5 Å². The highest BCUT2D eigenvalue weighted by Crippen LogP contribution is 2.25. The predicted octanol–water partition coefficient (Wildman–Crippen LogP) is 4.15. The Morgan fingerprint density at radius 1 is 1.10 bits per heavy atom. The van der Waals surface area contributed by atoms with E-state index in [0.717, 1.165) is 13.0 Å². The lowest BCUT2D eigenvalue weighted by Gasteiger charge is -2.40. The zero-order chi connectivity index (χ0) is 15.4. The molecule has 0 aromatic heterocycles. The Bertz CT molecular complexity index is 414. The molecule has 3 unspecified atom stereocenters. The standard InChI is InChI=1S/C19H32N2/c1-14(2)12-17-8-10-18(11-9-17)19(20)13-21-15(3)6-5-7-16(21)4/h8-11,14-16,19H,5-7,12-13,20H2,1-4H3. The molecule has 0 amide bonds. The Morgan fingerprint density at radius 2 is 1.67 bits per heavy atom. The van der Waals surface area contributed by atoms with Crippen molar-refractivity contribution in [3.8, 4) is 0 Å². The third kappa shape index (κ3) is 4.55. The molecule has 2 N–H and O–H groups in total. The fourth-order valence-corrected chi connectivity index (χ4v) is 3.54. The second kappa shape index (κ2) is 7.42. The van der Waals surface area contributed by atoms with Crippen molar-refractivity contribution in [2.75, 3.05) is 6.54 Å². The van der Waals surface area contributed by atoms with Crippen molar-refractivity contribution < 1.29 is 0 Å². The maximum Gasteiger partial charge on any atom is 0.0424 e. The summed E-state index contributed by atoms with van der Waals surface area (Å²) >= 11 is 0. The lowest BCUT2D eigenvalue weighted by molar-refractivity contribution is 0.0961. The van der Waals surface area contributed by atoms with E-state index in [1.165, 1.54) is 30.4 Å². The number of likely N-dealkylation sites (tertiary alicyclic amines) is 1. The summed E-state index contributed by atoms with van der Waals surface area (Å²) in [5.41, 5.74) is 9.15. The van der Waals surface area contributed by atoms with Crippen LogP contribution in [0.15, 0.2) is 24.3 Å². The summed E-state index contributed by atoms with van der Waals surface area (Å²) in [7, 11) is 0. The Kier molecular flexibility index (Phi) is 5.83. The van der Waals surface area contributed by atoms with Gasteiger partial charge in [0, 0.05) is 24.7 Å². The van der Waals surface area contributed by atoms with Gasteiger partial charge in [-0.2, -0.15) is 0 Å². The molecule has 2 rings (SSSR count). The zero-order valence-electron chi connectivity index (χ0n) is 14.2. The minimum atomic E-state index is 0.126. The fourth-order valence-electron chi connectivity index (χ4n) is 3.54. The van der Waals surface area contributed by atoms with Crippen LogP contribution in [0.1, 0.15) is 64.1 Å². The van der Waals surface area contributed by atoms with E-state index in [9.17, 15) is 0 Å². The van der Waals surface area contributed by atoms with E-state index in [0.29, 0.717) is 18.0 Å². The zero-order valence-corrected chi connectivity index (χ0v) is 14.2. The molecule has 2 heteroatoms. The molecule has 2 nitrogen and oxygen atoms in total. The van der Waals surface area contributed by atoms with Gasteiger partial charge in [0.1, 0.15) is 0 Å². The van der Waals surface area contributed by atoms with Gasteiger partial charge < -0.3 is 5.73 Å². The molecule has 0 bridgehead atoms. The highest BCUT2D eigenvalue weighted by molar-refractivity contribution is 5.25. The van der Waals surface area contributed by atoms with Gasteiger partial charge in [0.15, 0.2) is 0 Å². The van der Waals surface area contributed by atoms with Crippen molar-refractivity contribution >= 4 is 0 Å². The normalized spacial score (nSPS) is 25.2. The first-order valence-corrected chi connectivity index (χ1v) is 8.57. The first-order valence-electron chi connectivity index (χ1n) is 8.57. The molecule has 1 heterocycles. The van der Waals surface area contributed by atoms with Gasteiger partial charge in [-0.05, 0) is 50.2 Å². The molecule has 1 aliphatic heterocycles. The van der Waals surface area contributed by atoms with Crippen LogP contribution in [-0.4, -0.2) is 23.5 Å². The van der Waals surface area contributed by atoms with Crippen molar-refractivity contribution in [3.63, 3.8) is 0 Å². The van der Waals surface area contributed by atoms with E-state index in [1.807, 2.05) is 0 Å². The van der Waals surface area contributed by atoms with E-state index in [4.69, 9.17) is 5.73 Å². The molecule has 1 saturated heterocycles. The van der Waals surface area contributed by atoms with Crippen molar-refractivity contribution in [1.82, 2.24) is 4.90 Å². The number of hydrogen-bond acceptors (Lipinski definition) is 2. The average molecular weight is 288 g/mol. The quantitative estimate of drug-likeness (QED) is 0.882. The SMILES string of the molecule is CC(C)Cc1ccc(C(N)CN2C(C)CCCC2C)cc1. The molecule has 0 aliphatic carbocycles. The number of nitrogens with two attached hydrogens (primary N) is 1. The summed E-state index contributed by atoms with van der Waals surface area (Å²) in [5, 5.41) is 0. The van der Waals surface area contributed by atoms with Crippen molar-refractivity contribution in [2.24, 2.45) is 11.7 Å². The molecular weight excluding hydrogens is 256 g/mol. The van der Waals surface area contributed by atoms with Crippen LogP contribution in [0.2, 0.25) is 0 Å². The third-order valence-electron chi connectivity index (χ3n) is 4.84. The van der Waals surface area contributed by atoms with E-state index in [-0.39, 0.29) is 6.04 Å². The Hall–Kier alpha value is -0.860. The maximum atomic E-state index is 6.46. The largest absolute Gasteiger partial charge is 0.323 e. The van der Waals surface area contributed by atoms with Gasteiger partial charge in [-0.3, -0.25) is 4.90 Å². The van der Waals surface area contributed by atoms with E-state index < -0.39 is 0 Å². The van der Waals surface area contributed by atoms with Gasteiger partial charge in [-0.25, -0.2) is 0 Å². The molecule has 1 fully saturated rings. The molecule has 1 aromatic rings. The monoisotopic (exact) mass is 288 g/mol. The molecular formula is C19H32N2. The lowest BCUT2D eigenvalue weighted by Crippen LogP contribution is -2.46. The maximum absolute atomic E-state index is 6.46. The van der Waals surface area contributed by atoms with Crippen LogP contribution in [0, 0.1) is 5.92 Å². The highest BCUT2D eigenvalue weighted by Gasteiger charge is 2.26. The summed E-state index contributed by atoms with van der Waals surface area (Å²) in [6.45, 7) is 10.2. The summed E-state index contributed by atoms with van der Waals surface area (Å²) in [5.74, 6) is 0.708. The van der Waals surface area contributed by atoms with Crippen LogP contribution < -0.4 is 5.73 Å². The van der Waals surface area contributed by atoms with Crippen molar-refractivity contribution in [3.05, 3.63) is 35.4 Å². The summed E-state index contributed by atoms with van der Waals surface area (Å²) in [6.07, 6.45) is 5.13. The Labute approximate surface area is 130 Å². The molecule has 118 valence electrons. The van der Waals surface area contributed by atoms with Crippen molar-refractivity contribution in [2.45, 2.75) is 71.5 Å². The van der Waals surface area contributed by atoms with Gasteiger partial charge >= 0.3 is 0 Å². The number of nitrogens with zero attached hydrogens (tertiary/aromatic N) is 1. The Morgan fingerprint density at radius 3 is 2.19 bits per heavy atom. The summed E-state index contributed by atoms with van der Waals surface area (Å²) in [4.78, 5) is 2.59. The summed E-state index contributed by atoms with van der Waals surface area (Å²) < 4.78 is 0. The van der Waals surface area contributed by atoms with Gasteiger partial charge in [0.25, 0.3) is 0 Å². The fraction of sp³-hybridized carbons (Fsp3) is 0.684. The molecule has 21 heavy (non-hydrogen) atoms. The second-order valence-electron chi connectivity index (χ2n) is 7.27. The van der Waals surface area contributed by atoms with Crippen molar-refractivity contribution in [1.29, 1.82) is 0 Å². The first-order chi connectivity index (χ1) is 9.97. The van der Waals surface area contributed by atoms with Crippen LogP contribution in [0.4, 0.5) is 0 Å². The molecule has 0 saturated carbocycles. The van der Waals surface area contributed by atoms with E-state index >= 15 is 0 Å².